The number of carbonyl (C=O) groups excluding carboxylic acids is 2. The van der Waals surface area contributed by atoms with Gasteiger partial charge in [0.2, 0.25) is 11.8 Å². The van der Waals surface area contributed by atoms with Crippen molar-refractivity contribution in [1.29, 1.82) is 0 Å². The van der Waals surface area contributed by atoms with Crippen LogP contribution in [0.1, 0.15) is 12.0 Å². The summed E-state index contributed by atoms with van der Waals surface area (Å²) in [6.45, 7) is -2.08. The molecule has 1 aliphatic rings. The van der Waals surface area contributed by atoms with Crippen LogP contribution < -0.4 is 15.0 Å². The number of nitrogens with one attached hydrogen (secondary N) is 1. The van der Waals surface area contributed by atoms with E-state index in [0.29, 0.717) is 19.5 Å². The molecule has 1 saturated heterocycles. The maximum atomic E-state index is 12.4. The molecule has 5 nitrogen and oxygen atoms in total. The van der Waals surface area contributed by atoms with Crippen LogP contribution in [0.3, 0.4) is 0 Å². The monoisotopic (exact) mass is 420 g/mol. The van der Waals surface area contributed by atoms with Gasteiger partial charge in [0, 0.05) is 30.1 Å². The summed E-state index contributed by atoms with van der Waals surface area (Å²) in [5.41, 5.74) is 1.69. The van der Waals surface area contributed by atoms with Crippen LogP contribution in [0, 0.1) is 5.92 Å². The van der Waals surface area contributed by atoms with Gasteiger partial charge in [0.1, 0.15) is 5.75 Å². The van der Waals surface area contributed by atoms with Crippen LogP contribution in [-0.4, -0.2) is 37.8 Å². The van der Waals surface area contributed by atoms with Crippen LogP contribution in [0.4, 0.5) is 14.5 Å². The average Bonchev–Trinajstić information content (AvgIpc) is 3.10. The smallest absolute Gasteiger partial charge is 0.387 e. The molecule has 0 aromatic heterocycles. The topological polar surface area (TPSA) is 58.6 Å². The van der Waals surface area contributed by atoms with Crippen molar-refractivity contribution in [3.05, 3.63) is 54.1 Å². The number of hydrogen-bond acceptors (Lipinski definition) is 4. The Morgan fingerprint density at radius 2 is 1.90 bits per heavy atom. The summed E-state index contributed by atoms with van der Waals surface area (Å²) in [6.07, 6.45) is 2.74. The van der Waals surface area contributed by atoms with Gasteiger partial charge in [-0.25, -0.2) is 0 Å². The number of ether oxygens (including phenoxy) is 1. The highest BCUT2D eigenvalue weighted by Gasteiger charge is 2.34. The summed E-state index contributed by atoms with van der Waals surface area (Å²) in [5, 5.41) is 2.86. The highest BCUT2D eigenvalue weighted by molar-refractivity contribution is 7.98. The van der Waals surface area contributed by atoms with E-state index in [9.17, 15) is 18.4 Å². The molecule has 0 spiro atoms. The summed E-state index contributed by atoms with van der Waals surface area (Å²) >= 11 is 1.63. The number of halogens is 2. The lowest BCUT2D eigenvalue weighted by molar-refractivity contribution is -0.126. The van der Waals surface area contributed by atoms with Crippen LogP contribution in [0.5, 0.6) is 5.75 Å². The van der Waals surface area contributed by atoms with Crippen LogP contribution in [-0.2, 0) is 16.0 Å². The number of amides is 2. The number of thioether (sulfide) groups is 1. The zero-order valence-corrected chi connectivity index (χ0v) is 16.8. The molecule has 1 aliphatic heterocycles. The van der Waals surface area contributed by atoms with Crippen LogP contribution in [0.2, 0.25) is 0 Å². The first-order chi connectivity index (χ1) is 14.0. The summed E-state index contributed by atoms with van der Waals surface area (Å²) in [5.74, 6) is -0.497. The summed E-state index contributed by atoms with van der Waals surface area (Å²) in [6, 6.07) is 14.0. The molecule has 29 heavy (non-hydrogen) atoms. The summed E-state index contributed by atoms with van der Waals surface area (Å²) in [4.78, 5) is 27.5. The van der Waals surface area contributed by atoms with Crippen molar-refractivity contribution < 1.29 is 23.1 Å². The lowest BCUT2D eigenvalue weighted by Crippen LogP contribution is -2.34. The van der Waals surface area contributed by atoms with Crippen molar-refractivity contribution in [2.45, 2.75) is 24.3 Å². The van der Waals surface area contributed by atoms with Crippen molar-refractivity contribution >= 4 is 29.3 Å². The lowest BCUT2D eigenvalue weighted by atomic mass is 10.1. The number of benzene rings is 2. The van der Waals surface area contributed by atoms with Crippen molar-refractivity contribution in [1.82, 2.24) is 5.32 Å². The Hall–Kier alpha value is -2.61. The predicted octanol–water partition coefficient (Wildman–Crippen LogP) is 3.72. The molecule has 0 radical (unpaired) electrons. The van der Waals surface area contributed by atoms with Crippen molar-refractivity contribution in [3.63, 3.8) is 0 Å². The van der Waals surface area contributed by atoms with Gasteiger partial charge in [-0.05, 0) is 54.6 Å². The molecule has 2 aromatic rings. The molecule has 1 atom stereocenters. The molecule has 2 aromatic carbocycles. The minimum atomic E-state index is -2.85. The summed E-state index contributed by atoms with van der Waals surface area (Å²) in [7, 11) is 0. The fourth-order valence-corrected chi connectivity index (χ4v) is 3.62. The van der Waals surface area contributed by atoms with E-state index in [-0.39, 0.29) is 29.9 Å². The van der Waals surface area contributed by atoms with Gasteiger partial charge in [-0.1, -0.05) is 12.1 Å². The maximum Gasteiger partial charge on any atom is 0.387 e. The standard InChI is InChI=1S/C21H22F2N2O3S/c1-29-18-8-4-16(5-9-18)25-13-15(12-19(25)26)20(27)24-11-10-14-2-6-17(7-3-14)28-21(22)23/h2-9,15,21H,10-13H2,1H3,(H,24,27). The molecular weight excluding hydrogens is 398 g/mol. The van der Waals surface area contributed by atoms with E-state index in [1.165, 1.54) is 12.1 Å². The average molecular weight is 420 g/mol. The fourth-order valence-electron chi connectivity index (χ4n) is 3.21. The molecule has 0 bridgehead atoms. The highest BCUT2D eigenvalue weighted by Crippen LogP contribution is 2.27. The number of rotatable bonds is 8. The summed E-state index contributed by atoms with van der Waals surface area (Å²) < 4.78 is 28.6. The van der Waals surface area contributed by atoms with Crippen molar-refractivity contribution in [2.24, 2.45) is 5.92 Å². The van der Waals surface area contributed by atoms with Crippen molar-refractivity contribution in [2.75, 3.05) is 24.2 Å². The molecule has 1 fully saturated rings. The second kappa shape index (κ2) is 9.73. The van der Waals surface area contributed by atoms with Gasteiger partial charge in [-0.15, -0.1) is 11.8 Å². The SMILES string of the molecule is CSc1ccc(N2CC(C(=O)NCCc3ccc(OC(F)F)cc3)CC2=O)cc1. The highest BCUT2D eigenvalue weighted by atomic mass is 32.2. The largest absolute Gasteiger partial charge is 0.435 e. The molecule has 1 unspecified atom stereocenters. The van der Waals surface area contributed by atoms with Crippen molar-refractivity contribution in [3.8, 4) is 5.75 Å². The second-order valence-corrected chi connectivity index (χ2v) is 7.55. The van der Waals surface area contributed by atoms with E-state index in [1.54, 1.807) is 28.8 Å². The van der Waals surface area contributed by atoms with Gasteiger partial charge < -0.3 is 15.0 Å². The zero-order chi connectivity index (χ0) is 20.8. The Balaban J connectivity index is 1.47. The molecule has 3 rings (SSSR count). The van der Waals surface area contributed by atoms with Crippen LogP contribution in [0.25, 0.3) is 0 Å². The third kappa shape index (κ3) is 5.69. The number of carbonyl (C=O) groups is 2. The van der Waals surface area contributed by atoms with Gasteiger partial charge in [0.25, 0.3) is 0 Å². The normalized spacial score (nSPS) is 16.3. The molecule has 1 N–H and O–H groups in total. The first-order valence-electron chi connectivity index (χ1n) is 9.22. The third-order valence-electron chi connectivity index (χ3n) is 4.74. The number of alkyl halides is 2. The number of anilines is 1. The van der Waals surface area contributed by atoms with E-state index in [4.69, 9.17) is 0 Å². The molecule has 2 amide bonds. The Morgan fingerprint density at radius 1 is 1.21 bits per heavy atom. The third-order valence-corrected chi connectivity index (χ3v) is 5.48. The quantitative estimate of drug-likeness (QED) is 0.662. The molecule has 0 aliphatic carbocycles. The van der Waals surface area contributed by atoms with Crippen LogP contribution >= 0.6 is 11.8 Å². The van der Waals surface area contributed by atoms with Gasteiger partial charge in [0.15, 0.2) is 0 Å². The van der Waals surface area contributed by atoms with E-state index >= 15 is 0 Å². The molecular formula is C21H22F2N2O3S. The minimum absolute atomic E-state index is 0.0586. The second-order valence-electron chi connectivity index (χ2n) is 6.67. The Kier molecular flexibility index (Phi) is 7.09. The van der Waals surface area contributed by atoms with E-state index < -0.39 is 6.61 Å². The Bertz CT molecular complexity index is 844. The molecule has 0 saturated carbocycles. The maximum absolute atomic E-state index is 12.4. The molecule has 1 heterocycles. The lowest BCUT2D eigenvalue weighted by Gasteiger charge is -2.17. The first kappa shape index (κ1) is 21.1. The van der Waals surface area contributed by atoms with Crippen LogP contribution in [0.15, 0.2) is 53.4 Å². The van der Waals surface area contributed by atoms with Gasteiger partial charge in [-0.2, -0.15) is 8.78 Å². The Morgan fingerprint density at radius 3 is 2.52 bits per heavy atom. The van der Waals surface area contributed by atoms with Gasteiger partial charge in [0.05, 0.1) is 5.92 Å². The fraction of sp³-hybridized carbons (Fsp3) is 0.333. The Labute approximate surface area is 172 Å². The van der Waals surface area contributed by atoms with E-state index in [2.05, 4.69) is 10.1 Å². The molecule has 8 heteroatoms. The predicted molar refractivity (Wildman–Crippen MR) is 108 cm³/mol. The van der Waals surface area contributed by atoms with Gasteiger partial charge in [-0.3, -0.25) is 9.59 Å². The zero-order valence-electron chi connectivity index (χ0n) is 15.9. The molecule has 154 valence electrons. The first-order valence-corrected chi connectivity index (χ1v) is 10.4. The number of nitrogens with zero attached hydrogens (tertiary/aromatic N) is 1. The van der Waals surface area contributed by atoms with E-state index in [0.717, 1.165) is 16.1 Å². The van der Waals surface area contributed by atoms with Gasteiger partial charge >= 0.3 is 6.61 Å². The number of hydrogen-bond donors (Lipinski definition) is 1. The minimum Gasteiger partial charge on any atom is -0.435 e. The van der Waals surface area contributed by atoms with E-state index in [1.807, 2.05) is 30.5 Å².